The Hall–Kier alpha value is -6.96. The monoisotopic (exact) mass is 1840 g/mol. The van der Waals surface area contributed by atoms with E-state index in [9.17, 15) is 119 Å². The number of amides is 11. The van der Waals surface area contributed by atoms with Gasteiger partial charge in [0, 0.05) is 130 Å². The zero-order chi connectivity index (χ0) is 94.9. The second-order valence-corrected chi connectivity index (χ2v) is 32.8. The molecule has 4 fully saturated rings. The number of rotatable bonds is 65. The van der Waals surface area contributed by atoms with Crippen molar-refractivity contribution in [1.29, 1.82) is 0 Å². The van der Waals surface area contributed by atoms with Crippen LogP contribution in [0.3, 0.4) is 0 Å². The normalized spacial score (nSPS) is 26.0. The van der Waals surface area contributed by atoms with E-state index in [1.807, 2.05) is 13.8 Å². The summed E-state index contributed by atoms with van der Waals surface area (Å²) in [7, 11) is 0. The van der Waals surface area contributed by atoms with Crippen LogP contribution in [0.25, 0.3) is 0 Å². The molecule has 4 saturated heterocycles. The number of aliphatic hydroxyl groups is 12. The van der Waals surface area contributed by atoms with E-state index < -0.39 is 135 Å². The lowest BCUT2D eigenvalue weighted by Crippen LogP contribution is -2.57. The fourth-order valence-corrected chi connectivity index (χ4v) is 14.0. The van der Waals surface area contributed by atoms with Crippen LogP contribution in [0.15, 0.2) is 0 Å². The van der Waals surface area contributed by atoms with Crippen molar-refractivity contribution in [1.82, 2.24) is 58.5 Å². The Kier molecular flexibility index (Phi) is 60.5. The van der Waals surface area contributed by atoms with E-state index in [1.165, 1.54) is 13.8 Å². The number of Topliss-reactive ketones (excluding diaryl/α,β-unsaturated/α-hetero) is 1. The summed E-state index contributed by atoms with van der Waals surface area (Å²) in [6.45, 7) is 12.7. The highest BCUT2D eigenvalue weighted by Crippen LogP contribution is 2.26. The summed E-state index contributed by atoms with van der Waals surface area (Å²) in [6.07, 6.45) is -9.78. The van der Waals surface area contributed by atoms with Crippen LogP contribution in [-0.4, -0.2) is 352 Å². The molecular weight excluding hydrogens is 1690 g/mol. The Balaban J connectivity index is 0.000000660. The number of hydrogen-bond donors (Lipinski definition) is 23. The Morgan fingerprint density at radius 3 is 0.734 bits per heavy atom. The second-order valence-electron chi connectivity index (χ2n) is 32.8. The van der Waals surface area contributed by atoms with Crippen LogP contribution in [0.2, 0.25) is 0 Å². The van der Waals surface area contributed by atoms with Crippen molar-refractivity contribution in [2.45, 2.75) is 382 Å². The van der Waals surface area contributed by atoms with Gasteiger partial charge in [0.1, 0.15) is 91.1 Å². The van der Waals surface area contributed by atoms with Crippen molar-refractivity contribution < 1.29 is 157 Å². The van der Waals surface area contributed by atoms with Crippen LogP contribution in [0.4, 0.5) is 0 Å². The van der Waals surface area contributed by atoms with Crippen LogP contribution in [0.5, 0.6) is 0 Å². The second kappa shape index (κ2) is 67.3. The van der Waals surface area contributed by atoms with E-state index in [2.05, 4.69) is 58.5 Å². The first-order valence-corrected chi connectivity index (χ1v) is 45.9. The molecule has 740 valence electrons. The molecule has 0 saturated carbocycles. The van der Waals surface area contributed by atoms with Gasteiger partial charge in [-0.3, -0.25) is 57.5 Å². The number of ether oxygens (including phenoxy) is 8. The maximum Gasteiger partial charge on any atom is 0.242 e. The third-order valence-electron chi connectivity index (χ3n) is 21.8. The van der Waals surface area contributed by atoms with Crippen LogP contribution >= 0.6 is 0 Å². The highest BCUT2D eigenvalue weighted by Gasteiger charge is 2.46. The van der Waals surface area contributed by atoms with Gasteiger partial charge in [-0.15, -0.1) is 0 Å². The summed E-state index contributed by atoms with van der Waals surface area (Å²) in [6, 6.07) is -1.59. The Labute approximate surface area is 750 Å². The summed E-state index contributed by atoms with van der Waals surface area (Å²) < 4.78 is 43.0. The van der Waals surface area contributed by atoms with Crippen LogP contribution < -0.4 is 58.5 Å². The average Bonchev–Trinajstić information content (AvgIpc) is 0.840. The van der Waals surface area contributed by atoms with Gasteiger partial charge in [0.2, 0.25) is 65.0 Å². The van der Waals surface area contributed by atoms with E-state index in [0.717, 1.165) is 12.8 Å². The summed E-state index contributed by atoms with van der Waals surface area (Å²) >= 11 is 0. The van der Waals surface area contributed by atoms with Crippen molar-refractivity contribution >= 4 is 70.8 Å². The number of hydrogen-bond acceptors (Lipinski definition) is 32. The summed E-state index contributed by atoms with van der Waals surface area (Å²) in [5.41, 5.74) is 0. The number of unbranched alkanes of at least 4 members (excludes halogenated alkanes) is 11. The first kappa shape index (κ1) is 115. The Morgan fingerprint density at radius 1 is 0.242 bits per heavy atom. The Bertz CT molecular complexity index is 3000. The molecule has 0 bridgehead atoms. The largest absolute Gasteiger partial charge is 0.388 e. The van der Waals surface area contributed by atoms with Gasteiger partial charge < -0.3 is 158 Å². The zero-order valence-electron chi connectivity index (χ0n) is 75.6. The number of carbonyl (C=O) groups is 12. The van der Waals surface area contributed by atoms with Gasteiger partial charge in [0.15, 0.2) is 25.2 Å². The minimum atomic E-state index is -1.44. The van der Waals surface area contributed by atoms with Crippen LogP contribution in [-0.2, 0) is 95.4 Å². The molecule has 0 aromatic heterocycles. The number of ketones is 1. The van der Waals surface area contributed by atoms with Gasteiger partial charge in [0.25, 0.3) is 0 Å². The summed E-state index contributed by atoms with van der Waals surface area (Å²) in [5, 5.41) is 149. The third kappa shape index (κ3) is 48.4. The SMILES string of the molecule is CCNC(=O)CCCCCNC(=O)[C@H](CCCCCC(=O)CCCCC(=O)NCCO[C@@H]1O[C@@H](C)[C@@H](O)[C@@H](O)[C@@H]1O)NC(=O)CCCCC(=O)NCCO[C@@H]1O[C@@H](C)[C@@H](O)[C@@H](O)[C@@H]1O.CCNC(=O)CCCCCNC(=O)[C@H](CCCCNC(=O)CCCCC(=O)NCCO[C@@H]1O[C@@H](C)[C@@H](O)[C@@H](O)[C@@H]1O)NC(=O)CCCCC(=O)NCCO[C@@H]1O[C@@H](C)[C@@H](O)[C@@H](O)[C@@H]1O. The topological polar surface area (TPSA) is 654 Å². The molecule has 0 unspecified atom stereocenters. The Morgan fingerprint density at radius 2 is 0.453 bits per heavy atom. The standard InChI is InChI=1S/C43H77N5O16.C42H76N6O16/c1-4-44-31(50)18-9-6-14-22-47-41(60)30(48-34(53)21-13-12-20-33(52)46-24-26-62-43-40(59)38(57)36(55)28(3)64-43)17-8-5-7-15-29(49)16-10-11-19-32(51)45-23-25-61-42-39(58)37(56)35(54)27(2)63-42;1-4-43-29(49)15-6-5-12-21-47-40(60)28(48-33(53)19-10-9-18-32(52)46-23-25-62-42-39(59)37(57)35(55)27(3)64-42)14-11-13-20-44-30(50)16-7-8-17-31(51)45-22-24-61-41-38(58)36(56)34(54)26(2)63-41/h27-28,30,35-40,42-43,54-59H,4-26H2,1-3H3,(H,44,50)(H,45,51)(H,46,52)(H,47,60)(H,48,53);26-28,34-39,41-42,54-59H,4-25H2,1-3H3,(H,43,49)(H,44,50)(H,45,51)(H,46,52)(H,47,60)(H,48,53)/t27-,28-,30-,35+,36+,37+,38+,39-,40-,42+,43+;26-,27-,28-,34+,35+,36+,37+,38-,39-,41+,42+/m00/s1. The van der Waals surface area contributed by atoms with Crippen LogP contribution in [0, 0.1) is 0 Å². The highest BCUT2D eigenvalue weighted by atomic mass is 16.7. The van der Waals surface area contributed by atoms with E-state index in [1.54, 1.807) is 13.8 Å². The summed E-state index contributed by atoms with van der Waals surface area (Å²) in [5.74, 6) is -2.45. The maximum absolute atomic E-state index is 13.1. The fourth-order valence-electron chi connectivity index (χ4n) is 14.0. The van der Waals surface area contributed by atoms with Crippen molar-refractivity contribution in [3.05, 3.63) is 0 Å². The first-order valence-electron chi connectivity index (χ1n) is 45.9. The molecule has 128 heavy (non-hydrogen) atoms. The minimum Gasteiger partial charge on any atom is -0.388 e. The predicted octanol–water partition coefficient (Wildman–Crippen LogP) is -3.54. The lowest BCUT2D eigenvalue weighted by atomic mass is 10.0. The molecule has 4 heterocycles. The number of carbonyl (C=O) groups excluding carboxylic acids is 12. The summed E-state index contributed by atoms with van der Waals surface area (Å²) in [4.78, 5) is 149. The smallest absolute Gasteiger partial charge is 0.242 e. The van der Waals surface area contributed by atoms with Crippen molar-refractivity contribution in [3.8, 4) is 0 Å². The molecule has 22 atom stereocenters. The highest BCUT2D eigenvalue weighted by molar-refractivity contribution is 5.88. The molecule has 11 amide bonds. The molecule has 43 heteroatoms. The van der Waals surface area contributed by atoms with Gasteiger partial charge in [-0.2, -0.15) is 0 Å². The number of aliphatic hydroxyl groups excluding tert-OH is 12. The first-order chi connectivity index (χ1) is 61.1. The molecule has 0 aromatic carbocycles. The lowest BCUT2D eigenvalue weighted by Gasteiger charge is -2.38. The van der Waals surface area contributed by atoms with Gasteiger partial charge in [-0.1, -0.05) is 25.7 Å². The minimum absolute atomic E-state index is 0.00366. The molecular formula is C85H153N11O32. The fraction of sp³-hybridized carbons (Fsp3) is 0.859. The van der Waals surface area contributed by atoms with Gasteiger partial charge in [0.05, 0.1) is 50.8 Å². The van der Waals surface area contributed by atoms with Gasteiger partial charge in [-0.25, -0.2) is 0 Å². The lowest BCUT2D eigenvalue weighted by molar-refractivity contribution is -0.292. The molecule has 4 aliphatic rings. The molecule has 0 radical (unpaired) electrons. The van der Waals surface area contributed by atoms with Crippen molar-refractivity contribution in [3.63, 3.8) is 0 Å². The molecule has 4 aliphatic heterocycles. The molecule has 4 rings (SSSR count). The van der Waals surface area contributed by atoms with Crippen molar-refractivity contribution in [2.24, 2.45) is 0 Å². The molecule has 43 nitrogen and oxygen atoms in total. The maximum atomic E-state index is 13.1. The van der Waals surface area contributed by atoms with Crippen molar-refractivity contribution in [2.75, 3.05) is 85.3 Å². The zero-order valence-corrected chi connectivity index (χ0v) is 75.6. The van der Waals surface area contributed by atoms with Gasteiger partial charge >= 0.3 is 0 Å². The van der Waals surface area contributed by atoms with E-state index in [0.29, 0.717) is 180 Å². The van der Waals surface area contributed by atoms with Gasteiger partial charge in [-0.05, 0) is 151 Å². The van der Waals surface area contributed by atoms with E-state index >= 15 is 0 Å². The quantitative estimate of drug-likeness (QED) is 0.0262. The van der Waals surface area contributed by atoms with E-state index in [4.69, 9.17) is 37.9 Å². The third-order valence-corrected chi connectivity index (χ3v) is 21.8. The molecule has 0 aliphatic carbocycles. The molecule has 23 N–H and O–H groups in total. The van der Waals surface area contributed by atoms with E-state index in [-0.39, 0.29) is 168 Å². The average molecular weight is 1840 g/mol. The van der Waals surface area contributed by atoms with Crippen LogP contribution in [0.1, 0.15) is 247 Å². The molecule has 0 spiro atoms. The predicted molar refractivity (Wildman–Crippen MR) is 458 cm³/mol. The number of nitrogens with one attached hydrogen (secondary N) is 11. The molecule has 0 aromatic rings.